The molecule has 1 aliphatic heterocycles. The SMILES string of the molecule is CCOC(=O)N1CCC[C@@](O)(CC)C1. The van der Waals surface area contributed by atoms with Gasteiger partial charge in [-0.25, -0.2) is 4.79 Å². The van der Waals surface area contributed by atoms with E-state index in [0.717, 1.165) is 12.8 Å². The Morgan fingerprint density at radius 1 is 1.57 bits per heavy atom. The first-order valence-electron chi connectivity index (χ1n) is 5.25. The van der Waals surface area contributed by atoms with Crippen molar-refractivity contribution >= 4 is 6.09 Å². The van der Waals surface area contributed by atoms with Gasteiger partial charge < -0.3 is 14.7 Å². The Morgan fingerprint density at radius 2 is 2.29 bits per heavy atom. The van der Waals surface area contributed by atoms with Crippen LogP contribution in [0.3, 0.4) is 0 Å². The molecule has 1 atom stereocenters. The van der Waals surface area contributed by atoms with Gasteiger partial charge in [-0.05, 0) is 26.2 Å². The Morgan fingerprint density at radius 3 is 2.86 bits per heavy atom. The van der Waals surface area contributed by atoms with E-state index in [1.54, 1.807) is 11.8 Å². The van der Waals surface area contributed by atoms with E-state index in [0.29, 0.717) is 26.1 Å². The molecule has 1 amide bonds. The van der Waals surface area contributed by atoms with Gasteiger partial charge in [0, 0.05) is 6.54 Å². The van der Waals surface area contributed by atoms with Gasteiger partial charge in [0.15, 0.2) is 0 Å². The van der Waals surface area contributed by atoms with Crippen LogP contribution in [0.5, 0.6) is 0 Å². The molecule has 0 aromatic heterocycles. The van der Waals surface area contributed by atoms with Crippen molar-refractivity contribution in [3.05, 3.63) is 0 Å². The molecule has 0 radical (unpaired) electrons. The van der Waals surface area contributed by atoms with Crippen molar-refractivity contribution in [2.75, 3.05) is 19.7 Å². The zero-order valence-corrected chi connectivity index (χ0v) is 8.95. The number of piperidine rings is 1. The van der Waals surface area contributed by atoms with E-state index in [9.17, 15) is 9.90 Å². The van der Waals surface area contributed by atoms with Crippen molar-refractivity contribution in [2.24, 2.45) is 0 Å². The second-order valence-electron chi connectivity index (χ2n) is 3.80. The van der Waals surface area contributed by atoms with E-state index in [1.165, 1.54) is 0 Å². The third-order valence-corrected chi connectivity index (χ3v) is 2.74. The molecule has 1 aliphatic rings. The number of aliphatic hydroxyl groups is 1. The quantitative estimate of drug-likeness (QED) is 0.734. The van der Waals surface area contributed by atoms with Gasteiger partial charge in [0.2, 0.25) is 0 Å². The van der Waals surface area contributed by atoms with Crippen LogP contribution >= 0.6 is 0 Å². The number of carbonyl (C=O) groups is 1. The first kappa shape index (κ1) is 11.3. The monoisotopic (exact) mass is 201 g/mol. The van der Waals surface area contributed by atoms with Crippen LogP contribution in [-0.2, 0) is 4.74 Å². The first-order chi connectivity index (χ1) is 6.61. The lowest BCUT2D eigenvalue weighted by atomic mass is 9.91. The number of ether oxygens (including phenoxy) is 1. The molecule has 1 heterocycles. The molecule has 0 saturated carbocycles. The van der Waals surface area contributed by atoms with Gasteiger partial charge in [0.05, 0.1) is 18.8 Å². The van der Waals surface area contributed by atoms with Crippen LogP contribution in [0, 0.1) is 0 Å². The minimum absolute atomic E-state index is 0.306. The average molecular weight is 201 g/mol. The third kappa shape index (κ3) is 2.61. The zero-order chi connectivity index (χ0) is 10.6. The number of amides is 1. The van der Waals surface area contributed by atoms with Gasteiger partial charge >= 0.3 is 6.09 Å². The van der Waals surface area contributed by atoms with Crippen molar-refractivity contribution in [2.45, 2.75) is 38.7 Å². The van der Waals surface area contributed by atoms with E-state index < -0.39 is 5.60 Å². The molecular weight excluding hydrogens is 182 g/mol. The molecule has 0 bridgehead atoms. The summed E-state index contributed by atoms with van der Waals surface area (Å²) < 4.78 is 4.90. The molecule has 0 aliphatic carbocycles. The molecule has 0 aromatic carbocycles. The lowest BCUT2D eigenvalue weighted by Gasteiger charge is -2.37. The highest BCUT2D eigenvalue weighted by atomic mass is 16.6. The van der Waals surface area contributed by atoms with Crippen LogP contribution < -0.4 is 0 Å². The fourth-order valence-electron chi connectivity index (χ4n) is 1.77. The molecule has 0 spiro atoms. The summed E-state index contributed by atoms with van der Waals surface area (Å²) in [5.74, 6) is 0. The highest BCUT2D eigenvalue weighted by Crippen LogP contribution is 2.24. The van der Waals surface area contributed by atoms with Crippen molar-refractivity contribution in [3.63, 3.8) is 0 Å². The second kappa shape index (κ2) is 4.64. The van der Waals surface area contributed by atoms with Crippen molar-refractivity contribution in [3.8, 4) is 0 Å². The molecule has 82 valence electrons. The summed E-state index contributed by atoms with van der Waals surface area (Å²) in [4.78, 5) is 13.0. The number of nitrogens with zero attached hydrogens (tertiary/aromatic N) is 1. The van der Waals surface area contributed by atoms with Gasteiger partial charge in [-0.15, -0.1) is 0 Å². The molecule has 1 fully saturated rings. The molecule has 1 saturated heterocycles. The van der Waals surface area contributed by atoms with Crippen LogP contribution in [-0.4, -0.2) is 41.4 Å². The van der Waals surface area contributed by atoms with Crippen LogP contribution in [0.15, 0.2) is 0 Å². The predicted molar refractivity (Wildman–Crippen MR) is 53.1 cm³/mol. The summed E-state index contributed by atoms with van der Waals surface area (Å²) in [5.41, 5.74) is -0.703. The van der Waals surface area contributed by atoms with Crippen LogP contribution in [0.2, 0.25) is 0 Å². The Hall–Kier alpha value is -0.770. The average Bonchev–Trinajstić information content (AvgIpc) is 2.18. The van der Waals surface area contributed by atoms with Gasteiger partial charge in [0.1, 0.15) is 0 Å². The fraction of sp³-hybridized carbons (Fsp3) is 0.900. The van der Waals surface area contributed by atoms with Crippen molar-refractivity contribution in [1.82, 2.24) is 4.90 Å². The van der Waals surface area contributed by atoms with Crippen LogP contribution in [0.25, 0.3) is 0 Å². The third-order valence-electron chi connectivity index (χ3n) is 2.74. The molecule has 1 N–H and O–H groups in total. The first-order valence-corrected chi connectivity index (χ1v) is 5.25. The van der Waals surface area contributed by atoms with E-state index in [-0.39, 0.29) is 6.09 Å². The van der Waals surface area contributed by atoms with Gasteiger partial charge in [-0.2, -0.15) is 0 Å². The molecular formula is C10H19NO3. The van der Waals surface area contributed by atoms with E-state index >= 15 is 0 Å². The normalized spacial score (nSPS) is 27.5. The number of hydrogen-bond donors (Lipinski definition) is 1. The van der Waals surface area contributed by atoms with Gasteiger partial charge in [0.25, 0.3) is 0 Å². The van der Waals surface area contributed by atoms with Crippen LogP contribution in [0.1, 0.15) is 33.1 Å². The molecule has 4 nitrogen and oxygen atoms in total. The molecule has 0 aromatic rings. The zero-order valence-electron chi connectivity index (χ0n) is 8.95. The van der Waals surface area contributed by atoms with Gasteiger partial charge in [-0.1, -0.05) is 6.92 Å². The predicted octanol–water partition coefficient (Wildman–Crippen LogP) is 1.38. The summed E-state index contributed by atoms with van der Waals surface area (Å²) >= 11 is 0. The topological polar surface area (TPSA) is 49.8 Å². The Kier molecular flexibility index (Phi) is 3.75. The van der Waals surface area contributed by atoms with E-state index in [4.69, 9.17) is 4.74 Å². The summed E-state index contributed by atoms with van der Waals surface area (Å²) in [7, 11) is 0. The highest BCUT2D eigenvalue weighted by molar-refractivity contribution is 5.67. The minimum Gasteiger partial charge on any atom is -0.450 e. The Balaban J connectivity index is 2.51. The number of hydrogen-bond acceptors (Lipinski definition) is 3. The lowest BCUT2D eigenvalue weighted by molar-refractivity contribution is -0.0314. The fourth-order valence-corrected chi connectivity index (χ4v) is 1.77. The standard InChI is InChI=1S/C10H19NO3/c1-3-10(13)6-5-7-11(8-10)9(12)14-4-2/h13H,3-8H2,1-2H3/t10-/m0/s1. The van der Waals surface area contributed by atoms with E-state index in [1.807, 2.05) is 6.92 Å². The maximum absolute atomic E-state index is 11.4. The number of likely N-dealkylation sites (tertiary alicyclic amines) is 1. The maximum atomic E-state index is 11.4. The van der Waals surface area contributed by atoms with E-state index in [2.05, 4.69) is 0 Å². The number of carbonyl (C=O) groups excluding carboxylic acids is 1. The molecule has 4 heteroatoms. The van der Waals surface area contributed by atoms with Crippen molar-refractivity contribution < 1.29 is 14.6 Å². The lowest BCUT2D eigenvalue weighted by Crippen LogP contribution is -2.50. The molecule has 1 rings (SSSR count). The number of rotatable bonds is 2. The number of β-amino-alcohol motifs (C(OH)–C–C–N with tert-alkyl or cyclic N) is 1. The smallest absolute Gasteiger partial charge is 0.409 e. The second-order valence-corrected chi connectivity index (χ2v) is 3.80. The molecule has 0 unspecified atom stereocenters. The molecule has 14 heavy (non-hydrogen) atoms. The Bertz CT molecular complexity index is 208. The maximum Gasteiger partial charge on any atom is 0.409 e. The Labute approximate surface area is 84.8 Å². The summed E-state index contributed by atoms with van der Waals surface area (Å²) in [6, 6.07) is 0. The summed E-state index contributed by atoms with van der Waals surface area (Å²) in [6.07, 6.45) is 2.00. The van der Waals surface area contributed by atoms with Gasteiger partial charge in [-0.3, -0.25) is 0 Å². The summed E-state index contributed by atoms with van der Waals surface area (Å²) in [6.45, 7) is 5.21. The highest BCUT2D eigenvalue weighted by Gasteiger charge is 2.33. The summed E-state index contributed by atoms with van der Waals surface area (Å²) in [5, 5.41) is 10.0. The minimum atomic E-state index is -0.703. The van der Waals surface area contributed by atoms with Crippen molar-refractivity contribution in [1.29, 1.82) is 0 Å². The largest absolute Gasteiger partial charge is 0.450 e. The van der Waals surface area contributed by atoms with Crippen LogP contribution in [0.4, 0.5) is 4.79 Å².